The third kappa shape index (κ3) is 5.03. The van der Waals surface area contributed by atoms with E-state index in [9.17, 15) is 9.59 Å². The fourth-order valence-electron chi connectivity index (χ4n) is 4.29. The second-order valence-electron chi connectivity index (χ2n) is 8.43. The van der Waals surface area contributed by atoms with Crippen LogP contribution in [0.2, 0.25) is 0 Å². The van der Waals surface area contributed by atoms with Crippen molar-refractivity contribution in [1.29, 1.82) is 0 Å². The first kappa shape index (κ1) is 23.3. The molecular weight excluding hydrogens is 430 g/mol. The number of ether oxygens (including phenoxy) is 2. The number of aryl methyl sites for hydroxylation is 1. The summed E-state index contributed by atoms with van der Waals surface area (Å²) in [5.74, 6) is 0.583. The third-order valence-electron chi connectivity index (χ3n) is 6.18. The van der Waals surface area contributed by atoms with Gasteiger partial charge in [-0.3, -0.25) is 14.6 Å². The summed E-state index contributed by atoms with van der Waals surface area (Å²) >= 11 is 0. The van der Waals surface area contributed by atoms with Crippen LogP contribution in [0, 0.1) is 12.8 Å². The Hall–Kier alpha value is -3.87. The van der Waals surface area contributed by atoms with Crippen molar-refractivity contribution in [3.8, 4) is 11.5 Å². The number of aromatic nitrogens is 1. The van der Waals surface area contributed by atoms with Crippen molar-refractivity contribution in [2.75, 3.05) is 25.7 Å². The quantitative estimate of drug-likeness (QED) is 0.509. The molecular formula is C27H29N3O4. The fraction of sp³-hybridized carbons (Fsp3) is 0.296. The summed E-state index contributed by atoms with van der Waals surface area (Å²) in [6.07, 6.45) is 3.66. The minimum absolute atomic E-state index is 0.0385. The maximum atomic E-state index is 13.7. The molecule has 0 radical (unpaired) electrons. The van der Waals surface area contributed by atoms with Crippen LogP contribution in [0.1, 0.15) is 23.1 Å². The molecule has 176 valence electrons. The number of methoxy groups -OCH3 is 2. The second kappa shape index (κ2) is 10.4. The lowest BCUT2D eigenvalue weighted by Crippen LogP contribution is -2.37. The van der Waals surface area contributed by atoms with Crippen LogP contribution in [0.5, 0.6) is 11.5 Å². The molecule has 7 heteroatoms. The van der Waals surface area contributed by atoms with Crippen molar-refractivity contribution in [2.24, 2.45) is 5.92 Å². The van der Waals surface area contributed by atoms with E-state index in [4.69, 9.17) is 9.47 Å². The van der Waals surface area contributed by atoms with Crippen LogP contribution in [0.4, 0.5) is 5.69 Å². The van der Waals surface area contributed by atoms with E-state index in [1.165, 1.54) is 0 Å². The highest BCUT2D eigenvalue weighted by Gasteiger charge is 2.37. The number of anilines is 1. The predicted molar refractivity (Wildman–Crippen MR) is 130 cm³/mol. The first-order valence-electron chi connectivity index (χ1n) is 11.2. The van der Waals surface area contributed by atoms with Gasteiger partial charge >= 0.3 is 0 Å². The van der Waals surface area contributed by atoms with Crippen molar-refractivity contribution in [3.63, 3.8) is 0 Å². The number of benzene rings is 2. The van der Waals surface area contributed by atoms with Gasteiger partial charge in [0.25, 0.3) is 0 Å². The van der Waals surface area contributed by atoms with Gasteiger partial charge in [0.15, 0.2) is 11.5 Å². The molecule has 1 fully saturated rings. The second-order valence-corrected chi connectivity index (χ2v) is 8.43. The summed E-state index contributed by atoms with van der Waals surface area (Å²) < 4.78 is 10.7. The third-order valence-corrected chi connectivity index (χ3v) is 6.18. The van der Waals surface area contributed by atoms with Crippen molar-refractivity contribution in [1.82, 2.24) is 9.88 Å². The van der Waals surface area contributed by atoms with E-state index < -0.39 is 5.92 Å². The number of pyridine rings is 1. The first-order valence-corrected chi connectivity index (χ1v) is 11.2. The molecule has 4 rings (SSSR count). The molecule has 1 atom stereocenters. The van der Waals surface area contributed by atoms with Crippen LogP contribution in [0.15, 0.2) is 67.0 Å². The van der Waals surface area contributed by atoms with Gasteiger partial charge in [-0.2, -0.15) is 0 Å². The fourth-order valence-corrected chi connectivity index (χ4v) is 4.29. The van der Waals surface area contributed by atoms with Crippen LogP contribution < -0.4 is 14.4 Å². The zero-order valence-corrected chi connectivity index (χ0v) is 19.7. The monoisotopic (exact) mass is 459 g/mol. The Morgan fingerprint density at radius 1 is 1.06 bits per heavy atom. The number of nitrogens with zero attached hydrogens (tertiary/aromatic N) is 3. The topological polar surface area (TPSA) is 72.0 Å². The van der Waals surface area contributed by atoms with Gasteiger partial charge in [0, 0.05) is 50.2 Å². The lowest BCUT2D eigenvalue weighted by atomic mass is 10.0. The highest BCUT2D eigenvalue weighted by molar-refractivity contribution is 6.00. The molecule has 2 heterocycles. The Morgan fingerprint density at radius 2 is 1.85 bits per heavy atom. The van der Waals surface area contributed by atoms with E-state index in [0.717, 1.165) is 16.7 Å². The number of carbonyl (C=O) groups excluding carboxylic acids is 2. The van der Waals surface area contributed by atoms with E-state index in [0.29, 0.717) is 36.8 Å². The van der Waals surface area contributed by atoms with Crippen LogP contribution in [-0.4, -0.2) is 42.5 Å². The average Bonchev–Trinajstić information content (AvgIpc) is 3.26. The molecule has 0 bridgehead atoms. The summed E-state index contributed by atoms with van der Waals surface area (Å²) in [6, 6.07) is 17.2. The smallest absolute Gasteiger partial charge is 0.228 e. The van der Waals surface area contributed by atoms with Crippen LogP contribution in [-0.2, 0) is 22.7 Å². The molecule has 1 aliphatic heterocycles. The van der Waals surface area contributed by atoms with Gasteiger partial charge in [-0.05, 0) is 41.8 Å². The minimum Gasteiger partial charge on any atom is -0.493 e. The molecule has 0 spiro atoms. The molecule has 34 heavy (non-hydrogen) atoms. The average molecular weight is 460 g/mol. The molecule has 1 aromatic heterocycles. The lowest BCUT2D eigenvalue weighted by molar-refractivity contribution is -0.137. The predicted octanol–water partition coefficient (Wildman–Crippen LogP) is 3.99. The Balaban J connectivity index is 1.56. The van der Waals surface area contributed by atoms with Gasteiger partial charge in [0.1, 0.15) is 0 Å². The Kier molecular flexibility index (Phi) is 7.11. The van der Waals surface area contributed by atoms with E-state index in [2.05, 4.69) is 4.98 Å². The van der Waals surface area contributed by atoms with Gasteiger partial charge in [0.2, 0.25) is 11.8 Å². The molecule has 1 unspecified atom stereocenters. The van der Waals surface area contributed by atoms with Gasteiger partial charge in [0.05, 0.1) is 20.1 Å². The number of amides is 2. The minimum atomic E-state index is -0.429. The largest absolute Gasteiger partial charge is 0.493 e. The van der Waals surface area contributed by atoms with Crippen molar-refractivity contribution in [2.45, 2.75) is 26.4 Å². The Bertz CT molecular complexity index is 1170. The summed E-state index contributed by atoms with van der Waals surface area (Å²) in [4.78, 5) is 34.3. The van der Waals surface area contributed by atoms with E-state index in [-0.39, 0.29) is 18.2 Å². The summed E-state index contributed by atoms with van der Waals surface area (Å²) in [7, 11) is 3.13. The van der Waals surface area contributed by atoms with Gasteiger partial charge in [-0.15, -0.1) is 0 Å². The zero-order chi connectivity index (χ0) is 24.1. The maximum Gasteiger partial charge on any atom is 0.228 e. The van der Waals surface area contributed by atoms with Crippen LogP contribution in [0.3, 0.4) is 0 Å². The lowest BCUT2D eigenvalue weighted by Gasteiger charge is -2.26. The summed E-state index contributed by atoms with van der Waals surface area (Å²) in [6.45, 7) is 3.27. The van der Waals surface area contributed by atoms with Gasteiger partial charge in [-0.25, -0.2) is 0 Å². The number of carbonyl (C=O) groups is 2. The summed E-state index contributed by atoms with van der Waals surface area (Å²) in [5.41, 5.74) is 3.85. The molecule has 2 aromatic carbocycles. The SMILES string of the molecule is COc1ccc(N2CC(C(=O)N(Cc3cccnc3)Cc3ccccc3C)CC2=O)cc1OC. The van der Waals surface area contributed by atoms with Crippen molar-refractivity contribution in [3.05, 3.63) is 83.7 Å². The zero-order valence-electron chi connectivity index (χ0n) is 19.7. The molecule has 0 aliphatic carbocycles. The van der Waals surface area contributed by atoms with E-state index in [1.807, 2.05) is 54.3 Å². The Morgan fingerprint density at radius 3 is 2.56 bits per heavy atom. The molecule has 1 saturated heterocycles. The molecule has 0 saturated carbocycles. The van der Waals surface area contributed by atoms with Crippen LogP contribution in [0.25, 0.3) is 0 Å². The Labute approximate surface area is 199 Å². The van der Waals surface area contributed by atoms with Crippen molar-refractivity contribution < 1.29 is 19.1 Å². The standard InChI is InChI=1S/C27H29N3O4/c1-19-7-4-5-9-21(19)17-29(16-20-8-6-12-28-15-20)27(32)22-13-26(31)30(18-22)23-10-11-24(33-2)25(14-23)34-3/h4-12,14-15,22H,13,16-18H2,1-3H3. The van der Waals surface area contributed by atoms with E-state index in [1.54, 1.807) is 43.6 Å². The highest BCUT2D eigenvalue weighted by Crippen LogP contribution is 2.34. The molecule has 0 N–H and O–H groups in total. The van der Waals surface area contributed by atoms with Crippen LogP contribution >= 0.6 is 0 Å². The van der Waals surface area contributed by atoms with E-state index >= 15 is 0 Å². The molecule has 3 aromatic rings. The number of hydrogen-bond donors (Lipinski definition) is 0. The molecule has 1 aliphatic rings. The normalized spacial score (nSPS) is 15.3. The highest BCUT2D eigenvalue weighted by atomic mass is 16.5. The molecule has 2 amide bonds. The van der Waals surface area contributed by atoms with Gasteiger partial charge < -0.3 is 19.3 Å². The number of rotatable bonds is 8. The molecule has 7 nitrogen and oxygen atoms in total. The number of hydrogen-bond acceptors (Lipinski definition) is 5. The van der Waals surface area contributed by atoms with Gasteiger partial charge in [-0.1, -0.05) is 30.3 Å². The maximum absolute atomic E-state index is 13.7. The first-order chi connectivity index (χ1) is 16.5. The van der Waals surface area contributed by atoms with Crippen molar-refractivity contribution >= 4 is 17.5 Å². The summed E-state index contributed by atoms with van der Waals surface area (Å²) in [5, 5.41) is 0.